The Morgan fingerprint density at radius 1 is 1.17 bits per heavy atom. The number of carbonyl (C=O) groups is 2. The summed E-state index contributed by atoms with van der Waals surface area (Å²) in [4.78, 5) is 24.2. The second-order valence-corrected chi connectivity index (χ2v) is 8.01. The number of amides is 1. The van der Waals surface area contributed by atoms with Crippen molar-refractivity contribution in [3.63, 3.8) is 0 Å². The predicted molar refractivity (Wildman–Crippen MR) is 91.9 cm³/mol. The third kappa shape index (κ3) is 3.81. The summed E-state index contributed by atoms with van der Waals surface area (Å²) in [7, 11) is 0. The molecular weight excluding hydrogens is 337 g/mol. The molecular formula is C17H21Cl2NO3. The molecule has 23 heavy (non-hydrogen) atoms. The largest absolute Gasteiger partial charge is 0.452 e. The van der Waals surface area contributed by atoms with E-state index in [1.54, 1.807) is 6.92 Å². The van der Waals surface area contributed by atoms with Gasteiger partial charge in [-0.1, -0.05) is 26.0 Å². The van der Waals surface area contributed by atoms with E-state index in [2.05, 4.69) is 19.2 Å². The van der Waals surface area contributed by atoms with Crippen molar-refractivity contribution in [1.29, 1.82) is 0 Å². The van der Waals surface area contributed by atoms with Crippen molar-refractivity contribution >= 4 is 40.8 Å². The molecule has 1 fully saturated rings. The Morgan fingerprint density at radius 3 is 2.13 bits per heavy atom. The van der Waals surface area contributed by atoms with Crippen molar-refractivity contribution in [2.24, 2.45) is 5.41 Å². The van der Waals surface area contributed by atoms with Gasteiger partial charge in [0.2, 0.25) is 0 Å². The molecule has 1 aliphatic rings. The molecule has 1 aromatic rings. The van der Waals surface area contributed by atoms with Crippen molar-refractivity contribution in [3.8, 4) is 0 Å². The van der Waals surface area contributed by atoms with Gasteiger partial charge in [-0.25, -0.2) is 0 Å². The van der Waals surface area contributed by atoms with E-state index >= 15 is 0 Å². The molecule has 0 spiro atoms. The highest BCUT2D eigenvalue weighted by molar-refractivity contribution is 6.53. The molecule has 4 nitrogen and oxygen atoms in total. The molecule has 1 saturated carbocycles. The maximum Gasteiger partial charge on any atom is 0.315 e. The highest BCUT2D eigenvalue weighted by Crippen LogP contribution is 2.64. The first-order chi connectivity index (χ1) is 10.6. The summed E-state index contributed by atoms with van der Waals surface area (Å²) < 4.78 is 4.08. The van der Waals surface area contributed by atoms with Gasteiger partial charge in [-0.15, -0.1) is 23.2 Å². The number of halogens is 2. The van der Waals surface area contributed by atoms with Crippen LogP contribution in [0, 0.1) is 5.41 Å². The zero-order valence-electron chi connectivity index (χ0n) is 13.7. The van der Waals surface area contributed by atoms with Gasteiger partial charge in [0.1, 0.15) is 9.75 Å². The van der Waals surface area contributed by atoms with Crippen molar-refractivity contribution < 1.29 is 14.3 Å². The molecule has 0 unspecified atom stereocenters. The lowest BCUT2D eigenvalue weighted by Crippen LogP contribution is -2.33. The fourth-order valence-corrected chi connectivity index (χ4v) is 2.85. The molecule has 1 aliphatic carbocycles. The van der Waals surface area contributed by atoms with Crippen molar-refractivity contribution in [3.05, 3.63) is 29.8 Å². The van der Waals surface area contributed by atoms with Crippen LogP contribution in [0.1, 0.15) is 45.6 Å². The molecule has 0 bridgehead atoms. The van der Waals surface area contributed by atoms with E-state index in [-0.39, 0.29) is 0 Å². The minimum Gasteiger partial charge on any atom is -0.452 e. The van der Waals surface area contributed by atoms with E-state index in [1.807, 2.05) is 24.3 Å². The number of alkyl halides is 2. The van der Waals surface area contributed by atoms with Crippen LogP contribution in [0.3, 0.4) is 0 Å². The Labute approximate surface area is 146 Å². The summed E-state index contributed by atoms with van der Waals surface area (Å²) in [6.07, 6.45) is -0.596. The average molecular weight is 358 g/mol. The molecule has 126 valence electrons. The molecule has 0 radical (unpaired) electrons. The van der Waals surface area contributed by atoms with Gasteiger partial charge < -0.3 is 10.1 Å². The fourth-order valence-electron chi connectivity index (χ4n) is 2.16. The summed E-state index contributed by atoms with van der Waals surface area (Å²) in [6.45, 7) is 7.35. The first kappa shape index (κ1) is 18.1. The van der Waals surface area contributed by atoms with Crippen molar-refractivity contribution in [2.45, 2.75) is 50.5 Å². The number of ether oxygens (including phenoxy) is 1. The first-order valence-corrected chi connectivity index (χ1v) is 8.32. The number of hydrogen-bond acceptors (Lipinski definition) is 3. The highest BCUT2D eigenvalue weighted by Gasteiger charge is 2.69. The van der Waals surface area contributed by atoms with Gasteiger partial charge in [0.25, 0.3) is 5.91 Å². The second kappa shape index (κ2) is 6.33. The lowest BCUT2D eigenvalue weighted by atomic mass is 10.0. The third-order valence-electron chi connectivity index (χ3n) is 4.21. The molecule has 0 heterocycles. The van der Waals surface area contributed by atoms with Crippen LogP contribution in [-0.2, 0) is 14.3 Å². The van der Waals surface area contributed by atoms with E-state index in [4.69, 9.17) is 27.9 Å². The lowest BCUT2D eigenvalue weighted by Gasteiger charge is -2.17. The minimum absolute atomic E-state index is 0.326. The summed E-state index contributed by atoms with van der Waals surface area (Å²) >= 11 is 11.9. The monoisotopic (exact) mass is 357 g/mol. The topological polar surface area (TPSA) is 55.4 Å². The van der Waals surface area contributed by atoms with Crippen LogP contribution < -0.4 is 5.32 Å². The van der Waals surface area contributed by atoms with E-state index < -0.39 is 27.7 Å². The van der Waals surface area contributed by atoms with E-state index in [9.17, 15) is 9.59 Å². The SMILES string of the molecule is CC(C)c1ccc(NC(=O)[C@@H](C)OC(=O)[C@@]2(C)CC2(Cl)Cl)cc1. The van der Waals surface area contributed by atoms with Gasteiger partial charge in [0, 0.05) is 12.1 Å². The Balaban J connectivity index is 1.91. The van der Waals surface area contributed by atoms with Gasteiger partial charge >= 0.3 is 5.97 Å². The Morgan fingerprint density at radius 2 is 1.70 bits per heavy atom. The second-order valence-electron chi connectivity index (χ2n) is 6.53. The average Bonchev–Trinajstić information content (AvgIpc) is 2.99. The standard InChI is InChI=1S/C17H21Cl2NO3/c1-10(2)12-5-7-13(8-6-12)20-14(21)11(3)23-15(22)16(4)9-17(16,18)19/h5-8,10-11H,9H2,1-4H3,(H,20,21)/t11-,16-/m1/s1. The maximum atomic E-state index is 12.1. The summed E-state index contributed by atoms with van der Waals surface area (Å²) in [5.41, 5.74) is 0.900. The van der Waals surface area contributed by atoms with E-state index in [1.165, 1.54) is 12.5 Å². The lowest BCUT2D eigenvalue weighted by molar-refractivity contribution is -0.158. The van der Waals surface area contributed by atoms with E-state index in [0.717, 1.165) is 0 Å². The quantitative estimate of drug-likeness (QED) is 0.632. The minimum atomic E-state index is -1.10. The first-order valence-electron chi connectivity index (χ1n) is 7.56. The normalized spacial score (nSPS) is 23.3. The summed E-state index contributed by atoms with van der Waals surface area (Å²) in [5, 5.41) is 2.72. The number of hydrogen-bond donors (Lipinski definition) is 1. The van der Waals surface area contributed by atoms with Crippen LogP contribution in [0.15, 0.2) is 24.3 Å². The number of nitrogens with one attached hydrogen (secondary N) is 1. The van der Waals surface area contributed by atoms with Crippen LogP contribution in [0.2, 0.25) is 0 Å². The smallest absolute Gasteiger partial charge is 0.315 e. The third-order valence-corrected chi connectivity index (χ3v) is 5.31. The number of benzene rings is 1. The number of rotatable bonds is 5. The van der Waals surface area contributed by atoms with Crippen LogP contribution in [0.25, 0.3) is 0 Å². The fraction of sp³-hybridized carbons (Fsp3) is 0.529. The van der Waals surface area contributed by atoms with Crippen LogP contribution in [0.4, 0.5) is 5.69 Å². The zero-order valence-corrected chi connectivity index (χ0v) is 15.2. The van der Waals surface area contributed by atoms with Gasteiger partial charge in [0.05, 0.1) is 0 Å². The Hall–Kier alpha value is -1.26. The number of carbonyl (C=O) groups excluding carboxylic acids is 2. The molecule has 0 saturated heterocycles. The molecule has 1 amide bonds. The van der Waals surface area contributed by atoms with Gasteiger partial charge in [-0.2, -0.15) is 0 Å². The van der Waals surface area contributed by atoms with Gasteiger partial charge in [-0.05, 0) is 37.5 Å². The number of anilines is 1. The molecule has 2 atom stereocenters. The summed E-state index contributed by atoms with van der Waals surface area (Å²) in [6, 6.07) is 7.56. The van der Waals surface area contributed by atoms with Crippen molar-refractivity contribution in [1.82, 2.24) is 0 Å². The Kier molecular flexibility index (Phi) is 4.97. The highest BCUT2D eigenvalue weighted by atomic mass is 35.5. The summed E-state index contributed by atoms with van der Waals surface area (Å²) in [5.74, 6) is -0.528. The van der Waals surface area contributed by atoms with Crippen LogP contribution in [0.5, 0.6) is 0 Å². The molecule has 0 aromatic heterocycles. The van der Waals surface area contributed by atoms with Gasteiger partial charge in [0.15, 0.2) is 6.10 Å². The van der Waals surface area contributed by atoms with Crippen LogP contribution in [-0.4, -0.2) is 22.3 Å². The zero-order chi connectivity index (χ0) is 17.4. The Bertz CT molecular complexity index is 613. The molecule has 1 N–H and O–H groups in total. The van der Waals surface area contributed by atoms with Crippen molar-refractivity contribution in [2.75, 3.05) is 5.32 Å². The molecule has 1 aromatic carbocycles. The predicted octanol–water partition coefficient (Wildman–Crippen LogP) is 4.26. The van der Waals surface area contributed by atoms with E-state index in [0.29, 0.717) is 18.0 Å². The van der Waals surface area contributed by atoms with Gasteiger partial charge in [-0.3, -0.25) is 9.59 Å². The maximum absolute atomic E-state index is 12.1. The molecule has 6 heteroatoms. The van der Waals surface area contributed by atoms with Crippen LogP contribution >= 0.6 is 23.2 Å². The molecule has 0 aliphatic heterocycles. The molecule has 2 rings (SSSR count). The number of esters is 1.